The van der Waals surface area contributed by atoms with Crippen molar-refractivity contribution in [3.05, 3.63) is 72.1 Å². The molecular weight excluding hydrogens is 251 g/mol. The fourth-order valence-corrected chi connectivity index (χ4v) is 3.04. The Morgan fingerprint density at radius 2 is 1.00 bits per heavy atom. The molecule has 0 saturated heterocycles. The van der Waals surface area contributed by atoms with Gasteiger partial charge in [0.25, 0.3) is 0 Å². The lowest BCUT2D eigenvalue weighted by Gasteiger charge is -1.92. The van der Waals surface area contributed by atoms with Gasteiger partial charge in [-0.1, -0.05) is 35.4 Å². The van der Waals surface area contributed by atoms with Crippen LogP contribution in [0.25, 0.3) is 11.4 Å². The molecule has 3 rings (SSSR count). The van der Waals surface area contributed by atoms with E-state index in [9.17, 15) is 0 Å². The van der Waals surface area contributed by atoms with Crippen LogP contribution in [-0.4, -0.2) is 0 Å². The van der Waals surface area contributed by atoms with Crippen molar-refractivity contribution >= 4 is 8.51 Å². The highest BCUT2D eigenvalue weighted by molar-refractivity contribution is 7.12. The Morgan fingerprint density at radius 3 is 1.37 bits per heavy atom. The molecule has 19 heavy (non-hydrogen) atoms. The van der Waals surface area contributed by atoms with Crippen LogP contribution in [0.1, 0.15) is 11.1 Å². The molecule has 0 spiro atoms. The van der Waals surface area contributed by atoms with Crippen molar-refractivity contribution < 1.29 is 8.66 Å². The summed E-state index contributed by atoms with van der Waals surface area (Å²) in [4.78, 5) is 0. The third kappa shape index (κ3) is 2.59. The van der Waals surface area contributed by atoms with Crippen LogP contribution in [0.5, 0.6) is 0 Å². The van der Waals surface area contributed by atoms with Crippen molar-refractivity contribution in [1.82, 2.24) is 0 Å². The Labute approximate surface area is 115 Å². The highest BCUT2D eigenvalue weighted by Crippen LogP contribution is 2.08. The molecule has 2 aromatic carbocycles. The van der Waals surface area contributed by atoms with Crippen LogP contribution in [0.4, 0.5) is 0 Å². The van der Waals surface area contributed by atoms with Crippen LogP contribution >= 0.6 is 8.51 Å². The van der Waals surface area contributed by atoms with Crippen LogP contribution < -0.4 is 8.66 Å². The summed E-state index contributed by atoms with van der Waals surface area (Å²) in [6.45, 7) is 4.23. The normalized spacial score (nSPS) is 10.6. The topological polar surface area (TPSA) is 7.76 Å². The van der Waals surface area contributed by atoms with Gasteiger partial charge in [-0.2, -0.15) is 0 Å². The fraction of sp³-hybridized carbons (Fsp3) is 0.125. The van der Waals surface area contributed by atoms with E-state index in [-0.39, 0.29) is 0 Å². The van der Waals surface area contributed by atoms with Gasteiger partial charge in [-0.05, 0) is 13.8 Å². The number of aryl methyl sites for hydroxylation is 2. The summed E-state index contributed by atoms with van der Waals surface area (Å²) >= 11 is 0. The molecule has 0 aliphatic rings. The van der Waals surface area contributed by atoms with Gasteiger partial charge >= 0.3 is 8.51 Å². The second kappa shape index (κ2) is 4.99. The molecule has 3 aromatic rings. The first kappa shape index (κ1) is 12.1. The number of benzene rings is 2. The summed E-state index contributed by atoms with van der Waals surface area (Å²) < 4.78 is 4.55. The quantitative estimate of drug-likeness (QED) is 0.675. The van der Waals surface area contributed by atoms with Crippen molar-refractivity contribution in [2.45, 2.75) is 13.8 Å². The molecule has 0 aliphatic carbocycles. The number of aromatic nitrogens is 2. The molecule has 2 nitrogen and oxygen atoms in total. The number of rotatable bonds is 2. The van der Waals surface area contributed by atoms with E-state index in [0.717, 1.165) is 0 Å². The average molecular weight is 268 g/mol. The molecule has 3 heteroatoms. The van der Waals surface area contributed by atoms with Crippen molar-refractivity contribution in [2.24, 2.45) is 0 Å². The van der Waals surface area contributed by atoms with Gasteiger partial charge in [0.15, 0.2) is 0 Å². The molecule has 1 aromatic heterocycles. The monoisotopic (exact) mass is 268 g/mol. The minimum Gasteiger partial charge on any atom is -0.103 e. The van der Waals surface area contributed by atoms with Gasteiger partial charge in [-0.3, -0.25) is 0 Å². The first-order valence-corrected chi connectivity index (χ1v) is 7.28. The van der Waals surface area contributed by atoms with Gasteiger partial charge < -0.3 is 0 Å². The molecule has 0 N–H and O–H groups in total. The molecule has 0 bridgehead atoms. The Bertz CT molecular complexity index is 622. The Morgan fingerprint density at radius 1 is 0.632 bits per heavy atom. The van der Waals surface area contributed by atoms with Crippen molar-refractivity contribution in [1.29, 1.82) is 0 Å². The van der Waals surface area contributed by atoms with Crippen LogP contribution in [0.15, 0.2) is 60.9 Å². The molecular formula is C16H17N2P+2. The minimum atomic E-state index is 0.595. The molecule has 0 atom stereocenters. The average Bonchev–Trinajstić information content (AvgIpc) is 2.90. The van der Waals surface area contributed by atoms with Gasteiger partial charge in [-0.25, -0.2) is 0 Å². The van der Waals surface area contributed by atoms with E-state index in [4.69, 9.17) is 0 Å². The Hall–Kier alpha value is -1.92. The highest BCUT2D eigenvalue weighted by Gasteiger charge is 2.16. The molecule has 0 amide bonds. The third-order valence-electron chi connectivity index (χ3n) is 3.20. The standard InChI is InChI=1S/C16H17N2P/c1-13-3-7-15(8-4-13)17-11-12-18(19-17)16-9-5-14(2)6-10-16/h3-12,19H,1-2H3/q+2. The number of hydrogen-bond acceptors (Lipinski definition) is 0. The summed E-state index contributed by atoms with van der Waals surface area (Å²) in [5, 5.41) is 0. The van der Waals surface area contributed by atoms with Gasteiger partial charge in [0.2, 0.25) is 23.8 Å². The zero-order valence-corrected chi connectivity index (χ0v) is 12.2. The highest BCUT2D eigenvalue weighted by atomic mass is 31.1. The Kier molecular flexibility index (Phi) is 3.18. The zero-order chi connectivity index (χ0) is 13.2. The lowest BCUT2D eigenvalue weighted by Crippen LogP contribution is -2.27. The SMILES string of the molecule is Cc1ccc(-[n+]2cc[n+](-c3ccc(C)cc3)[pH]2)cc1. The number of hydrogen-bond donors (Lipinski definition) is 0. The van der Waals surface area contributed by atoms with E-state index in [1.54, 1.807) is 0 Å². The van der Waals surface area contributed by atoms with Crippen molar-refractivity contribution in [3.8, 4) is 11.4 Å². The second-order valence-corrected chi connectivity index (χ2v) is 5.97. The van der Waals surface area contributed by atoms with Crippen LogP contribution in [0.3, 0.4) is 0 Å². The predicted octanol–water partition coefficient (Wildman–Crippen LogP) is 2.89. The molecule has 0 radical (unpaired) electrons. The summed E-state index contributed by atoms with van der Waals surface area (Å²) in [6.07, 6.45) is 4.28. The third-order valence-corrected chi connectivity index (χ3v) is 4.45. The smallest absolute Gasteiger partial charge is 0.103 e. The first-order chi connectivity index (χ1) is 9.22. The number of nitrogens with zero attached hydrogens (tertiary/aromatic N) is 2. The van der Waals surface area contributed by atoms with E-state index in [1.807, 2.05) is 0 Å². The molecule has 94 valence electrons. The lowest BCUT2D eigenvalue weighted by molar-refractivity contribution is -0.562. The maximum absolute atomic E-state index is 2.28. The van der Waals surface area contributed by atoms with E-state index >= 15 is 0 Å². The van der Waals surface area contributed by atoms with Gasteiger partial charge in [0.05, 0.1) is 0 Å². The van der Waals surface area contributed by atoms with E-state index in [2.05, 4.69) is 83.4 Å². The summed E-state index contributed by atoms with van der Waals surface area (Å²) in [7, 11) is 0.595. The minimum absolute atomic E-state index is 0.595. The molecule has 1 heterocycles. The maximum Gasteiger partial charge on any atom is 0.399 e. The van der Waals surface area contributed by atoms with Crippen molar-refractivity contribution in [2.75, 3.05) is 0 Å². The molecule has 0 unspecified atom stereocenters. The van der Waals surface area contributed by atoms with Gasteiger partial charge in [-0.15, -0.1) is 8.66 Å². The molecule has 0 saturated carbocycles. The maximum atomic E-state index is 2.28. The summed E-state index contributed by atoms with van der Waals surface area (Å²) in [5.41, 5.74) is 5.08. The summed E-state index contributed by atoms with van der Waals surface area (Å²) in [5.74, 6) is 0. The summed E-state index contributed by atoms with van der Waals surface area (Å²) in [6, 6.07) is 17.3. The van der Waals surface area contributed by atoms with E-state index < -0.39 is 0 Å². The van der Waals surface area contributed by atoms with Crippen LogP contribution in [0, 0.1) is 13.8 Å². The Balaban J connectivity index is 1.95. The second-order valence-electron chi connectivity index (χ2n) is 4.81. The lowest BCUT2D eigenvalue weighted by atomic mass is 10.2. The van der Waals surface area contributed by atoms with Crippen molar-refractivity contribution in [3.63, 3.8) is 0 Å². The largest absolute Gasteiger partial charge is 0.399 e. The molecule has 0 fully saturated rings. The van der Waals surface area contributed by atoms with E-state index in [0.29, 0.717) is 8.51 Å². The van der Waals surface area contributed by atoms with Gasteiger partial charge in [0, 0.05) is 24.3 Å². The predicted molar refractivity (Wildman–Crippen MR) is 78.5 cm³/mol. The molecule has 0 aliphatic heterocycles. The first-order valence-electron chi connectivity index (χ1n) is 6.39. The van der Waals surface area contributed by atoms with Crippen LogP contribution in [-0.2, 0) is 0 Å². The fourth-order valence-electron chi connectivity index (χ4n) is 2.01. The van der Waals surface area contributed by atoms with E-state index in [1.165, 1.54) is 22.5 Å². The zero-order valence-electron chi connectivity index (χ0n) is 11.2. The van der Waals surface area contributed by atoms with Crippen LogP contribution in [0.2, 0.25) is 0 Å². The van der Waals surface area contributed by atoms with Gasteiger partial charge in [0.1, 0.15) is 0 Å².